The van der Waals surface area contributed by atoms with Gasteiger partial charge in [0.2, 0.25) is 0 Å². The molecule has 0 aromatic heterocycles. The molecule has 2 heteroatoms. The van der Waals surface area contributed by atoms with E-state index in [1.165, 1.54) is 0 Å². The number of hydrogen-bond acceptors (Lipinski definition) is 1. The molecule has 0 rings (SSSR count). The lowest BCUT2D eigenvalue weighted by molar-refractivity contribution is 0.227. The van der Waals surface area contributed by atoms with Crippen LogP contribution in [0.2, 0.25) is 19.6 Å². The first-order valence-corrected chi connectivity index (χ1v) is 8.56. The van der Waals surface area contributed by atoms with E-state index in [0.717, 1.165) is 12.8 Å². The van der Waals surface area contributed by atoms with Crippen LogP contribution in [0.5, 0.6) is 0 Å². The molecule has 0 amide bonds. The second-order valence-corrected chi connectivity index (χ2v) is 9.47. The van der Waals surface area contributed by atoms with E-state index in [-0.39, 0.29) is 6.10 Å². The van der Waals surface area contributed by atoms with Crippen molar-refractivity contribution >= 4 is 8.07 Å². The predicted octanol–water partition coefficient (Wildman–Crippen LogP) is 3.14. The van der Waals surface area contributed by atoms with Crippen LogP contribution >= 0.6 is 0 Å². The van der Waals surface area contributed by atoms with Crippen molar-refractivity contribution in [1.82, 2.24) is 0 Å². The van der Waals surface area contributed by atoms with E-state index >= 15 is 0 Å². The lowest BCUT2D eigenvalue weighted by atomic mass is 10.2. The molecule has 0 aliphatic heterocycles. The second-order valence-electron chi connectivity index (χ2n) is 4.41. The highest BCUT2D eigenvalue weighted by atomic mass is 28.3. The monoisotopic (exact) mass is 198 g/mol. The van der Waals surface area contributed by atoms with Gasteiger partial charge in [-0.1, -0.05) is 50.5 Å². The van der Waals surface area contributed by atoms with E-state index in [4.69, 9.17) is 0 Å². The van der Waals surface area contributed by atoms with Crippen LogP contribution in [-0.4, -0.2) is 19.3 Å². The Kier molecular flexibility index (Phi) is 6.00. The van der Waals surface area contributed by atoms with E-state index in [2.05, 4.69) is 38.3 Å². The van der Waals surface area contributed by atoms with Gasteiger partial charge in [0.1, 0.15) is 0 Å². The molecule has 0 radical (unpaired) electrons. The minimum atomic E-state index is -1.13. The van der Waals surface area contributed by atoms with Crippen LogP contribution in [0.4, 0.5) is 0 Å². The molecule has 0 unspecified atom stereocenters. The molecule has 0 aromatic carbocycles. The third kappa shape index (κ3) is 9.57. The Hall–Kier alpha value is -0.343. The van der Waals surface area contributed by atoms with Gasteiger partial charge in [-0.3, -0.25) is 0 Å². The maximum Gasteiger partial charge on any atom is 0.0751 e. The van der Waals surface area contributed by atoms with Crippen LogP contribution in [0, 0.1) is 0 Å². The van der Waals surface area contributed by atoms with Gasteiger partial charge in [-0.25, -0.2) is 0 Å². The third-order valence-electron chi connectivity index (χ3n) is 1.60. The van der Waals surface area contributed by atoms with Crippen LogP contribution in [0.1, 0.15) is 19.8 Å². The van der Waals surface area contributed by atoms with Crippen LogP contribution < -0.4 is 0 Å². The Morgan fingerprint density at radius 2 is 1.85 bits per heavy atom. The molecule has 0 saturated carbocycles. The average Bonchev–Trinajstić information content (AvgIpc) is 2.00. The second kappa shape index (κ2) is 6.16. The quantitative estimate of drug-likeness (QED) is 0.531. The molecular weight excluding hydrogens is 176 g/mol. The van der Waals surface area contributed by atoms with E-state index in [1.807, 2.05) is 12.2 Å². The predicted molar refractivity (Wildman–Crippen MR) is 62.5 cm³/mol. The zero-order valence-electron chi connectivity index (χ0n) is 9.25. The summed E-state index contributed by atoms with van der Waals surface area (Å²) in [7, 11) is -1.13. The first kappa shape index (κ1) is 12.7. The van der Waals surface area contributed by atoms with E-state index in [1.54, 1.807) is 0 Å². The van der Waals surface area contributed by atoms with Gasteiger partial charge in [0, 0.05) is 0 Å². The van der Waals surface area contributed by atoms with Gasteiger partial charge in [0.05, 0.1) is 14.2 Å². The van der Waals surface area contributed by atoms with Crippen LogP contribution in [0.15, 0.2) is 23.9 Å². The number of hydrogen-bond donors (Lipinski definition) is 1. The summed E-state index contributed by atoms with van der Waals surface area (Å²) >= 11 is 0. The molecule has 0 aliphatic rings. The summed E-state index contributed by atoms with van der Waals surface area (Å²) in [6.45, 7) is 8.88. The largest absolute Gasteiger partial charge is 0.389 e. The van der Waals surface area contributed by atoms with E-state index in [0.29, 0.717) is 0 Å². The van der Waals surface area contributed by atoms with Crippen molar-refractivity contribution in [1.29, 1.82) is 0 Å². The van der Waals surface area contributed by atoms with Gasteiger partial charge in [-0.2, -0.15) is 0 Å². The number of rotatable bonds is 5. The number of aliphatic hydroxyl groups is 1. The fourth-order valence-corrected chi connectivity index (χ4v) is 1.68. The van der Waals surface area contributed by atoms with Crippen molar-refractivity contribution in [3.05, 3.63) is 23.9 Å². The SMILES string of the molecule is CC/C=C\C[C@@H](O)/C=C/[Si](C)(C)C. The summed E-state index contributed by atoms with van der Waals surface area (Å²) in [6.07, 6.45) is 7.56. The first-order valence-electron chi connectivity index (χ1n) is 4.98. The normalized spacial score (nSPS) is 15.8. The fourth-order valence-electron chi connectivity index (χ4n) is 0.881. The van der Waals surface area contributed by atoms with Gasteiger partial charge < -0.3 is 5.11 Å². The van der Waals surface area contributed by atoms with Crippen molar-refractivity contribution in [2.45, 2.75) is 45.5 Å². The fraction of sp³-hybridized carbons (Fsp3) is 0.636. The Balaban J connectivity index is 3.80. The minimum Gasteiger partial charge on any atom is -0.389 e. The van der Waals surface area contributed by atoms with Crippen molar-refractivity contribution in [3.8, 4) is 0 Å². The van der Waals surface area contributed by atoms with Crippen LogP contribution in [-0.2, 0) is 0 Å². The Morgan fingerprint density at radius 3 is 2.31 bits per heavy atom. The standard InChI is InChI=1S/C11H22OSi/c1-5-6-7-8-11(12)9-10-13(2,3)4/h6-7,9-12H,5,8H2,1-4H3/b7-6-,10-9+/t11-/m1/s1. The summed E-state index contributed by atoms with van der Waals surface area (Å²) in [4.78, 5) is 0. The Morgan fingerprint density at radius 1 is 1.23 bits per heavy atom. The first-order chi connectivity index (χ1) is 5.95. The lowest BCUT2D eigenvalue weighted by Crippen LogP contribution is -2.17. The molecular formula is C11H22OSi. The molecule has 0 fully saturated rings. The highest BCUT2D eigenvalue weighted by molar-refractivity contribution is 6.80. The molecule has 0 heterocycles. The zero-order valence-corrected chi connectivity index (χ0v) is 10.2. The van der Waals surface area contributed by atoms with E-state index in [9.17, 15) is 5.11 Å². The summed E-state index contributed by atoms with van der Waals surface area (Å²) in [5.41, 5.74) is 2.19. The molecule has 13 heavy (non-hydrogen) atoms. The minimum absolute atomic E-state index is 0.297. The number of aliphatic hydroxyl groups excluding tert-OH is 1. The van der Waals surface area contributed by atoms with Gasteiger partial charge in [0.25, 0.3) is 0 Å². The molecule has 1 atom stereocenters. The molecule has 0 aromatic rings. The third-order valence-corrected chi connectivity index (χ3v) is 2.79. The van der Waals surface area contributed by atoms with Gasteiger partial charge in [-0.15, -0.1) is 0 Å². The Bertz CT molecular complexity index is 177. The highest BCUT2D eigenvalue weighted by Crippen LogP contribution is 2.04. The Labute approximate surface area is 83.2 Å². The number of allylic oxidation sites excluding steroid dienone is 1. The maximum atomic E-state index is 9.52. The maximum absolute atomic E-state index is 9.52. The molecule has 76 valence electrons. The van der Waals surface area contributed by atoms with Crippen molar-refractivity contribution < 1.29 is 5.11 Å². The summed E-state index contributed by atoms with van der Waals surface area (Å²) in [6, 6.07) is 0. The smallest absolute Gasteiger partial charge is 0.0751 e. The molecule has 0 spiro atoms. The average molecular weight is 198 g/mol. The van der Waals surface area contributed by atoms with Crippen LogP contribution in [0.3, 0.4) is 0 Å². The topological polar surface area (TPSA) is 20.2 Å². The molecule has 0 saturated heterocycles. The van der Waals surface area contributed by atoms with Crippen molar-refractivity contribution in [3.63, 3.8) is 0 Å². The molecule has 1 nitrogen and oxygen atoms in total. The van der Waals surface area contributed by atoms with Crippen molar-refractivity contribution in [2.75, 3.05) is 0 Å². The van der Waals surface area contributed by atoms with Gasteiger partial charge in [-0.05, 0) is 12.8 Å². The highest BCUT2D eigenvalue weighted by Gasteiger charge is 2.07. The summed E-state index contributed by atoms with van der Waals surface area (Å²) in [5.74, 6) is 0. The van der Waals surface area contributed by atoms with Gasteiger partial charge in [0.15, 0.2) is 0 Å². The van der Waals surface area contributed by atoms with E-state index < -0.39 is 8.07 Å². The summed E-state index contributed by atoms with van der Waals surface area (Å²) in [5, 5.41) is 9.52. The van der Waals surface area contributed by atoms with Crippen molar-refractivity contribution in [2.24, 2.45) is 0 Å². The molecule has 0 bridgehead atoms. The zero-order chi connectivity index (χ0) is 10.3. The molecule has 0 aliphatic carbocycles. The lowest BCUT2D eigenvalue weighted by Gasteiger charge is -2.09. The van der Waals surface area contributed by atoms with Gasteiger partial charge >= 0.3 is 0 Å². The molecule has 1 N–H and O–H groups in total. The van der Waals surface area contributed by atoms with Crippen LogP contribution in [0.25, 0.3) is 0 Å². The summed E-state index contributed by atoms with van der Waals surface area (Å²) < 4.78 is 0.